The Bertz CT molecular complexity index is 1430. The summed E-state index contributed by atoms with van der Waals surface area (Å²) in [6.07, 6.45) is 0. The molecule has 2 aromatic carbocycles. The first-order valence-corrected chi connectivity index (χ1v) is 11.4. The molecule has 31 heavy (non-hydrogen) atoms. The summed E-state index contributed by atoms with van der Waals surface area (Å²) in [4.78, 5) is 20.8. The Morgan fingerprint density at radius 3 is 2.39 bits per heavy atom. The maximum absolute atomic E-state index is 13.5. The van der Waals surface area contributed by atoms with Crippen LogP contribution < -0.4 is 15.9 Å². The van der Waals surface area contributed by atoms with E-state index in [9.17, 15) is 4.79 Å². The van der Waals surface area contributed by atoms with Crippen molar-refractivity contribution in [1.29, 1.82) is 0 Å². The Hall–Kier alpha value is -3.48. The van der Waals surface area contributed by atoms with Crippen molar-refractivity contribution in [1.82, 2.24) is 4.98 Å². The summed E-state index contributed by atoms with van der Waals surface area (Å²) in [7, 11) is 1.62. The van der Waals surface area contributed by atoms with Crippen LogP contribution in [-0.2, 0) is 0 Å². The molecule has 3 aromatic heterocycles. The van der Waals surface area contributed by atoms with Crippen LogP contribution in [0.1, 0.15) is 0 Å². The zero-order valence-corrected chi connectivity index (χ0v) is 18.3. The lowest BCUT2D eigenvalue weighted by atomic mass is 10.0. The number of thiophene rings is 1. The number of benzene rings is 2. The molecule has 0 unspecified atom stereocenters. The van der Waals surface area contributed by atoms with Gasteiger partial charge in [0.1, 0.15) is 10.6 Å². The Kier molecular flexibility index (Phi) is 5.02. The first kappa shape index (κ1) is 19.5. The molecule has 0 saturated heterocycles. The third kappa shape index (κ3) is 3.50. The van der Waals surface area contributed by atoms with Crippen LogP contribution >= 0.6 is 22.7 Å². The smallest absolute Gasteiger partial charge is 0.213 e. The number of nitrogens with zero attached hydrogens (tertiary/aromatic N) is 1. The minimum absolute atomic E-state index is 0.191. The van der Waals surface area contributed by atoms with Gasteiger partial charge < -0.3 is 10.5 Å². The minimum atomic E-state index is -0.191. The number of hydrogen-bond acceptors (Lipinski definition) is 6. The molecule has 0 radical (unpaired) electrons. The fourth-order valence-corrected chi connectivity index (χ4v) is 5.34. The Morgan fingerprint density at radius 1 is 0.935 bits per heavy atom. The van der Waals surface area contributed by atoms with Gasteiger partial charge in [-0.1, -0.05) is 36.4 Å². The van der Waals surface area contributed by atoms with Crippen LogP contribution in [0.25, 0.3) is 42.4 Å². The maximum atomic E-state index is 13.5. The van der Waals surface area contributed by atoms with Gasteiger partial charge in [-0.05, 0) is 58.5 Å². The second kappa shape index (κ2) is 7.98. The highest BCUT2D eigenvalue weighted by atomic mass is 32.1. The van der Waals surface area contributed by atoms with Gasteiger partial charge in [-0.2, -0.15) is 0 Å². The molecule has 0 spiro atoms. The standard InChI is InChI=1S/C25H18N2O2S2/c1-29-17-11-9-16(10-12-17)24-22(26)23(28)21-18(15-6-3-2-4-7-15)14-19(27-25(21)31-24)20-8-5-13-30-20/h2-14H,26H2,1H3. The molecule has 5 rings (SSSR count). The minimum Gasteiger partial charge on any atom is -0.497 e. The molecular formula is C25H18N2O2S2. The Labute approximate surface area is 187 Å². The van der Waals surface area contributed by atoms with Gasteiger partial charge in [-0.3, -0.25) is 4.79 Å². The lowest BCUT2D eigenvalue weighted by molar-refractivity contribution is 0.415. The maximum Gasteiger partial charge on any atom is 0.213 e. The van der Waals surface area contributed by atoms with E-state index in [-0.39, 0.29) is 11.1 Å². The summed E-state index contributed by atoms with van der Waals surface area (Å²) in [5.74, 6) is 0.750. The van der Waals surface area contributed by atoms with Crippen molar-refractivity contribution < 1.29 is 4.74 Å². The largest absolute Gasteiger partial charge is 0.497 e. The van der Waals surface area contributed by atoms with E-state index < -0.39 is 0 Å². The van der Waals surface area contributed by atoms with Crippen LogP contribution in [0, 0.1) is 0 Å². The summed E-state index contributed by atoms with van der Waals surface area (Å²) < 4.78 is 5.25. The van der Waals surface area contributed by atoms with E-state index >= 15 is 0 Å². The van der Waals surface area contributed by atoms with E-state index in [0.717, 1.165) is 37.9 Å². The van der Waals surface area contributed by atoms with Crippen LogP contribution in [-0.4, -0.2) is 12.1 Å². The number of aromatic nitrogens is 1. The highest BCUT2D eigenvalue weighted by Crippen LogP contribution is 2.38. The van der Waals surface area contributed by atoms with Crippen LogP contribution in [0.15, 0.2) is 83.0 Å². The molecule has 152 valence electrons. The van der Waals surface area contributed by atoms with E-state index in [0.29, 0.717) is 10.2 Å². The highest BCUT2D eigenvalue weighted by molar-refractivity contribution is 7.21. The van der Waals surface area contributed by atoms with Crippen LogP contribution in [0.2, 0.25) is 0 Å². The van der Waals surface area contributed by atoms with Gasteiger partial charge in [0.2, 0.25) is 5.43 Å². The van der Waals surface area contributed by atoms with Crippen molar-refractivity contribution in [2.45, 2.75) is 0 Å². The van der Waals surface area contributed by atoms with Crippen LogP contribution in [0.3, 0.4) is 0 Å². The number of pyridine rings is 1. The molecule has 0 amide bonds. The lowest BCUT2D eigenvalue weighted by Crippen LogP contribution is -2.11. The zero-order valence-electron chi connectivity index (χ0n) is 16.7. The quantitative estimate of drug-likeness (QED) is 0.354. The number of hydrogen-bond donors (Lipinski definition) is 1. The molecule has 0 aliphatic heterocycles. The fraction of sp³-hybridized carbons (Fsp3) is 0.0400. The van der Waals surface area contributed by atoms with Crippen molar-refractivity contribution in [3.8, 4) is 37.9 Å². The number of methoxy groups -OCH3 is 1. The second-order valence-corrected chi connectivity index (χ2v) is 8.93. The first-order chi connectivity index (χ1) is 15.2. The molecule has 0 aliphatic rings. The van der Waals surface area contributed by atoms with Crippen molar-refractivity contribution in [3.63, 3.8) is 0 Å². The van der Waals surface area contributed by atoms with Crippen molar-refractivity contribution in [2.24, 2.45) is 0 Å². The Balaban J connectivity index is 1.82. The Morgan fingerprint density at radius 2 is 1.71 bits per heavy atom. The summed E-state index contributed by atoms with van der Waals surface area (Å²) in [5, 5.41) is 2.59. The molecule has 0 atom stereocenters. The molecule has 0 bridgehead atoms. The van der Waals surface area contributed by atoms with Gasteiger partial charge in [0, 0.05) is 0 Å². The summed E-state index contributed by atoms with van der Waals surface area (Å²) >= 11 is 3.07. The molecule has 3 heterocycles. The van der Waals surface area contributed by atoms with E-state index in [2.05, 4.69) is 0 Å². The van der Waals surface area contributed by atoms with E-state index in [1.54, 1.807) is 18.4 Å². The topological polar surface area (TPSA) is 65.2 Å². The monoisotopic (exact) mass is 442 g/mol. The predicted molar refractivity (Wildman–Crippen MR) is 131 cm³/mol. The van der Waals surface area contributed by atoms with Crippen molar-refractivity contribution >= 4 is 38.6 Å². The van der Waals surface area contributed by atoms with Crippen LogP contribution in [0.5, 0.6) is 5.75 Å². The molecule has 6 heteroatoms. The molecule has 0 fully saturated rings. The second-order valence-electron chi connectivity index (χ2n) is 6.98. The summed E-state index contributed by atoms with van der Waals surface area (Å²) in [6, 6.07) is 23.5. The number of anilines is 1. The van der Waals surface area contributed by atoms with Gasteiger partial charge in [-0.25, -0.2) is 4.98 Å². The summed E-state index contributed by atoms with van der Waals surface area (Å²) in [6.45, 7) is 0. The molecule has 4 nitrogen and oxygen atoms in total. The van der Waals surface area contributed by atoms with E-state index in [4.69, 9.17) is 15.5 Å². The van der Waals surface area contributed by atoms with Gasteiger partial charge in [0.05, 0.1) is 33.6 Å². The summed E-state index contributed by atoms with van der Waals surface area (Å²) in [5.41, 5.74) is 9.96. The lowest BCUT2D eigenvalue weighted by Gasteiger charge is -2.12. The highest BCUT2D eigenvalue weighted by Gasteiger charge is 2.18. The van der Waals surface area contributed by atoms with E-state index in [1.165, 1.54) is 11.3 Å². The third-order valence-corrected chi connectivity index (χ3v) is 7.15. The zero-order chi connectivity index (χ0) is 21.4. The molecule has 2 N–H and O–H groups in total. The van der Waals surface area contributed by atoms with Gasteiger partial charge >= 0.3 is 0 Å². The van der Waals surface area contributed by atoms with Gasteiger partial charge in [0.15, 0.2) is 0 Å². The SMILES string of the molecule is COc1ccc(-c2sc3nc(-c4cccs4)cc(-c4ccccc4)c3c(=O)c2N)cc1. The van der Waals surface area contributed by atoms with E-state index in [1.807, 2.05) is 78.2 Å². The number of rotatable bonds is 4. The average Bonchev–Trinajstić information content (AvgIpc) is 3.36. The van der Waals surface area contributed by atoms with Gasteiger partial charge in [-0.15, -0.1) is 22.7 Å². The average molecular weight is 443 g/mol. The number of nitrogens with two attached hydrogens (primary N) is 1. The van der Waals surface area contributed by atoms with Crippen LogP contribution in [0.4, 0.5) is 5.69 Å². The fourth-order valence-electron chi connectivity index (χ4n) is 3.56. The molecule has 0 saturated carbocycles. The number of nitrogen functional groups attached to an aromatic ring is 1. The number of fused-ring (bicyclic) bond motifs is 1. The normalized spacial score (nSPS) is 11.0. The molecule has 0 aliphatic carbocycles. The predicted octanol–water partition coefficient (Wildman–Crippen LogP) is 6.31. The van der Waals surface area contributed by atoms with Crippen molar-refractivity contribution in [2.75, 3.05) is 12.8 Å². The first-order valence-electron chi connectivity index (χ1n) is 9.67. The molecular weight excluding hydrogens is 424 g/mol. The number of ether oxygens (including phenoxy) is 1. The third-order valence-electron chi connectivity index (χ3n) is 5.11. The molecule has 5 aromatic rings. The van der Waals surface area contributed by atoms with Crippen molar-refractivity contribution in [3.05, 3.63) is 88.4 Å². The van der Waals surface area contributed by atoms with Gasteiger partial charge in [0.25, 0.3) is 0 Å².